The maximum atomic E-state index is 12.9. The van der Waals surface area contributed by atoms with Crippen molar-refractivity contribution in [3.63, 3.8) is 0 Å². The Morgan fingerprint density at radius 2 is 0.860 bits per heavy atom. The zero-order valence-corrected chi connectivity index (χ0v) is 50.0. The number of hydrazine groups is 1. The van der Waals surface area contributed by atoms with E-state index in [2.05, 4.69) is 31.6 Å². The van der Waals surface area contributed by atoms with E-state index in [9.17, 15) is 28.8 Å². The summed E-state index contributed by atoms with van der Waals surface area (Å²) < 4.78 is 3.10. The number of hydrogen-bond donors (Lipinski definition) is 7. The van der Waals surface area contributed by atoms with Crippen molar-refractivity contribution < 1.29 is 28.8 Å². The smallest absolute Gasteiger partial charge is 0.251 e. The molecular weight excluding hydrogens is 1100 g/mol. The monoisotopic (exact) mass is 1170 g/mol. The Morgan fingerprint density at radius 1 is 0.512 bits per heavy atom. The normalized spacial score (nSPS) is 13.3. The van der Waals surface area contributed by atoms with Gasteiger partial charge in [-0.15, -0.1) is 11.8 Å². The second kappa shape index (κ2) is 28.1. The fraction of sp³-hybridized carbons (Fsp3) is 0.239. The van der Waals surface area contributed by atoms with Crippen molar-refractivity contribution in [1.29, 1.82) is 5.26 Å². The minimum absolute atomic E-state index is 0.0194. The van der Waals surface area contributed by atoms with Gasteiger partial charge in [0.2, 0.25) is 5.78 Å². The Bertz CT molecular complexity index is 3740. The topological polar surface area (TPSA) is 288 Å². The summed E-state index contributed by atoms with van der Waals surface area (Å²) in [6.07, 6.45) is 8.16. The summed E-state index contributed by atoms with van der Waals surface area (Å²) in [5.74, 6) is 5.13. The van der Waals surface area contributed by atoms with Gasteiger partial charge in [-0.3, -0.25) is 34.6 Å². The third kappa shape index (κ3) is 15.4. The summed E-state index contributed by atoms with van der Waals surface area (Å²) in [4.78, 5) is 75.0. The van der Waals surface area contributed by atoms with Gasteiger partial charge in [-0.05, 0) is 139 Å². The average molecular weight is 1170 g/mol. The van der Waals surface area contributed by atoms with E-state index in [-0.39, 0.29) is 64.4 Å². The number of benzene rings is 6. The van der Waals surface area contributed by atoms with E-state index >= 15 is 0 Å². The molecule has 6 aromatic carbocycles. The van der Waals surface area contributed by atoms with Crippen LogP contribution in [0.15, 0.2) is 156 Å². The highest BCUT2D eigenvalue weighted by Crippen LogP contribution is 2.30. The Labute approximate surface area is 504 Å². The first-order valence-electron chi connectivity index (χ1n) is 28.2. The molecule has 86 heavy (non-hydrogen) atoms. The van der Waals surface area contributed by atoms with Gasteiger partial charge in [0.05, 0.1) is 39.6 Å². The van der Waals surface area contributed by atoms with Crippen molar-refractivity contribution in [2.45, 2.75) is 98.2 Å². The number of ketones is 3. The Balaban J connectivity index is 0.000000156. The van der Waals surface area contributed by atoms with Crippen LogP contribution in [0.5, 0.6) is 0 Å². The number of aromatic nitrogens is 4. The van der Waals surface area contributed by atoms with Crippen LogP contribution in [0.25, 0.3) is 11.4 Å². The number of Topliss-reactive ketones (excluding diaryl/α,β-unsaturated/α-hetero) is 1. The van der Waals surface area contributed by atoms with E-state index in [4.69, 9.17) is 22.6 Å². The van der Waals surface area contributed by atoms with Crippen molar-refractivity contribution in [3.8, 4) is 17.4 Å². The molecule has 3 aliphatic carbocycles. The fourth-order valence-corrected chi connectivity index (χ4v) is 9.32. The molecule has 440 valence electrons. The number of hydrogen-bond acceptors (Lipinski definition) is 14. The lowest BCUT2D eigenvalue weighted by molar-refractivity contribution is 0.0942. The number of allylic oxidation sites excluding steroid dienone is 2. The number of rotatable bonds is 16. The lowest BCUT2D eigenvalue weighted by atomic mass is 10.0. The van der Waals surface area contributed by atoms with Gasteiger partial charge in [-0.1, -0.05) is 109 Å². The number of nitrogens with one attached hydrogen (secondary N) is 4. The number of anilines is 3. The molecule has 10 N–H and O–H groups in total. The molecule has 3 saturated carbocycles. The lowest BCUT2D eigenvalue weighted by Crippen LogP contribution is -2.25. The molecule has 3 fully saturated rings. The van der Waals surface area contributed by atoms with Crippen molar-refractivity contribution in [1.82, 2.24) is 35.5 Å². The number of nitrogens with two attached hydrogens (primary N) is 3. The summed E-state index contributed by atoms with van der Waals surface area (Å²) in [7, 11) is 0. The minimum Gasteiger partial charge on any atom is -0.383 e. The summed E-state index contributed by atoms with van der Waals surface area (Å²) >= 11 is 1.42. The molecular formula is C67H70N12O6S. The van der Waals surface area contributed by atoms with Crippen molar-refractivity contribution >= 4 is 64.2 Å². The highest BCUT2D eigenvalue weighted by molar-refractivity contribution is 8.02. The van der Waals surface area contributed by atoms with Crippen LogP contribution < -0.4 is 38.7 Å². The van der Waals surface area contributed by atoms with E-state index in [1.54, 1.807) is 109 Å². The summed E-state index contributed by atoms with van der Waals surface area (Å²) in [6, 6.07) is 46.1. The Hall–Kier alpha value is -9.90. The van der Waals surface area contributed by atoms with Gasteiger partial charge in [-0.25, -0.2) is 9.36 Å². The number of carbonyl (C=O) groups is 6. The summed E-state index contributed by atoms with van der Waals surface area (Å²) in [5, 5.41) is 26.8. The molecule has 2 aromatic heterocycles. The van der Waals surface area contributed by atoms with Crippen LogP contribution >= 0.6 is 11.8 Å². The molecule has 8 aromatic rings. The molecule has 0 bridgehead atoms. The first-order valence-corrected chi connectivity index (χ1v) is 29.4. The van der Waals surface area contributed by atoms with Crippen molar-refractivity contribution in [2.75, 3.05) is 23.1 Å². The zero-order chi connectivity index (χ0) is 61.8. The third-order valence-corrected chi connectivity index (χ3v) is 15.4. The van der Waals surface area contributed by atoms with Gasteiger partial charge >= 0.3 is 0 Å². The first kappa shape index (κ1) is 62.2. The van der Waals surface area contributed by atoms with Gasteiger partial charge in [0.25, 0.3) is 17.7 Å². The van der Waals surface area contributed by atoms with Crippen LogP contribution in [-0.4, -0.2) is 79.0 Å². The van der Waals surface area contributed by atoms with Crippen LogP contribution in [0.1, 0.15) is 147 Å². The maximum Gasteiger partial charge on any atom is 0.251 e. The quantitative estimate of drug-likeness (QED) is 0.0156. The predicted molar refractivity (Wildman–Crippen MR) is 338 cm³/mol. The van der Waals surface area contributed by atoms with Gasteiger partial charge in [-0.2, -0.15) is 15.5 Å². The van der Waals surface area contributed by atoms with Crippen LogP contribution in [-0.2, 0) is 0 Å². The second-order valence-corrected chi connectivity index (χ2v) is 22.3. The lowest BCUT2D eigenvalue weighted by Gasteiger charge is -2.11. The van der Waals surface area contributed by atoms with Crippen LogP contribution in [0.3, 0.4) is 0 Å². The number of nitrogens with zero attached hydrogens (tertiary/aromatic N) is 5. The largest absolute Gasteiger partial charge is 0.383 e. The average Bonchev–Trinajstić information content (AvgIpc) is 2.86. The van der Waals surface area contributed by atoms with Crippen molar-refractivity contribution in [2.24, 2.45) is 5.84 Å². The third-order valence-electron chi connectivity index (χ3n) is 14.5. The highest BCUT2D eigenvalue weighted by Gasteiger charge is 2.28. The molecule has 0 aliphatic heterocycles. The Kier molecular flexibility index (Phi) is 20.3. The van der Waals surface area contributed by atoms with E-state index < -0.39 is 0 Å². The number of thioether (sulfide) groups is 1. The molecule has 0 spiro atoms. The van der Waals surface area contributed by atoms with Gasteiger partial charge in [0.15, 0.2) is 11.6 Å². The number of nitriles is 1. The van der Waals surface area contributed by atoms with Gasteiger partial charge in [0, 0.05) is 56.4 Å². The van der Waals surface area contributed by atoms with E-state index in [0.717, 1.165) is 65.8 Å². The standard InChI is InChI=1S/2C22H22N4O2.C12H11NOS.C11H15N3O/c2*1-13-8-9-16(22(28)24-17-10-11-17)12-18(13)26-21(23)19(14(2)25-26)20(27)15-6-4-3-5-7-15;1-9(15-2)11(8-13)12(14)10-6-4-3-5-7-10;1-7-2-3-8(6-10(7)14-12)11(15)13-9-4-5-9/h2*3-9,12,17H,10-11,23H2,1-2H3,(H,24,28);3-7H,1-2H3;2-3,6,9,14H,4-5,12H2,1H3,(H,13,15)/b;;11-9+;. The molecule has 3 amide bonds. The first-order chi connectivity index (χ1) is 41.3. The van der Waals surface area contributed by atoms with Gasteiger partial charge in [0.1, 0.15) is 23.3 Å². The highest BCUT2D eigenvalue weighted by atomic mass is 32.2. The number of aryl methyl sites for hydroxylation is 5. The van der Waals surface area contributed by atoms with Crippen LogP contribution in [0, 0.1) is 45.9 Å². The van der Waals surface area contributed by atoms with Crippen LogP contribution in [0.2, 0.25) is 0 Å². The Morgan fingerprint density at radius 3 is 1.20 bits per heavy atom. The molecule has 0 radical (unpaired) electrons. The molecule has 18 nitrogen and oxygen atoms in total. The molecule has 0 unspecified atom stereocenters. The van der Waals surface area contributed by atoms with Crippen LogP contribution in [0.4, 0.5) is 17.3 Å². The van der Waals surface area contributed by atoms with Crippen molar-refractivity contribution in [3.05, 3.63) is 229 Å². The summed E-state index contributed by atoms with van der Waals surface area (Å²) in [6.45, 7) is 11.1. The summed E-state index contributed by atoms with van der Waals surface area (Å²) in [5.41, 5.74) is 25.8. The minimum atomic E-state index is -0.204. The maximum absolute atomic E-state index is 12.9. The number of amides is 3. The second-order valence-electron chi connectivity index (χ2n) is 21.3. The predicted octanol–water partition coefficient (Wildman–Crippen LogP) is 10.6. The molecule has 19 heteroatoms. The molecule has 3 aliphatic rings. The van der Waals surface area contributed by atoms with E-state index in [1.807, 2.05) is 99.8 Å². The SMILES string of the molecule is CS/C(C)=C(\C#N)C(=O)c1ccccc1.Cc1ccc(C(=O)NC2CC2)cc1-n1nc(C)c(C(=O)c2ccccc2)c1N.Cc1ccc(C(=O)NC2CC2)cc1-n1nc(C)c(C(=O)c2ccccc2)c1N.Cc1ccc(C(=O)NC2CC2)cc1NN. The fourth-order valence-electron chi connectivity index (χ4n) is 8.98. The number of nitrogen functional groups attached to an aromatic ring is 3. The van der Waals surface area contributed by atoms with E-state index in [0.29, 0.717) is 73.3 Å². The molecule has 2 heterocycles. The zero-order valence-electron chi connectivity index (χ0n) is 49.2. The molecule has 0 atom stereocenters. The number of carbonyl (C=O) groups excluding carboxylic acids is 6. The van der Waals surface area contributed by atoms with Gasteiger partial charge < -0.3 is 32.8 Å². The molecule has 0 saturated heterocycles. The van der Waals surface area contributed by atoms with E-state index in [1.165, 1.54) is 11.8 Å². The molecule has 11 rings (SSSR count).